The van der Waals surface area contributed by atoms with Crippen molar-refractivity contribution in [3.63, 3.8) is 0 Å². The maximum atomic E-state index is 13.6. The number of amides is 2. The normalized spacial score (nSPS) is 20.1. The Hall–Kier alpha value is -4.91. The number of carbonyl (C=O) groups excluding carboxylic acids is 2. The summed E-state index contributed by atoms with van der Waals surface area (Å²) in [6.45, 7) is 25.5. The topological polar surface area (TPSA) is 93.1 Å². The second kappa shape index (κ2) is 17.7. The number of nitrogens with zero attached hydrogens (tertiary/aromatic N) is 4. The van der Waals surface area contributed by atoms with Gasteiger partial charge in [-0.2, -0.15) is 0 Å². The van der Waals surface area contributed by atoms with Gasteiger partial charge in [-0.15, -0.1) is 12.8 Å². The van der Waals surface area contributed by atoms with Gasteiger partial charge in [-0.3, -0.25) is 14.6 Å². The molecule has 0 radical (unpaired) electrons. The molecule has 2 saturated heterocycles. The number of likely N-dealkylation sites (N-methyl/N-ethyl adjacent to an activating group) is 1. The first-order chi connectivity index (χ1) is 26.1. The van der Waals surface area contributed by atoms with Crippen LogP contribution in [-0.2, 0) is 0 Å². The summed E-state index contributed by atoms with van der Waals surface area (Å²) in [5.41, 5.74) is 4.60. The van der Waals surface area contributed by atoms with Gasteiger partial charge in [0.2, 0.25) is 0 Å². The van der Waals surface area contributed by atoms with Gasteiger partial charge < -0.3 is 33.6 Å². The van der Waals surface area contributed by atoms with Gasteiger partial charge in [-0.1, -0.05) is 65.8 Å². The van der Waals surface area contributed by atoms with Crippen LogP contribution >= 0.6 is 0 Å². The molecular formula is C45H62N4O6. The minimum Gasteiger partial charge on any atom is -0.493 e. The number of fused-ring (bicyclic) bond motifs is 4. The van der Waals surface area contributed by atoms with Gasteiger partial charge in [0.1, 0.15) is 0 Å². The smallest absolute Gasteiger partial charge is 0.257 e. The van der Waals surface area contributed by atoms with E-state index >= 15 is 0 Å². The summed E-state index contributed by atoms with van der Waals surface area (Å²) >= 11 is 0. The van der Waals surface area contributed by atoms with Crippen LogP contribution in [0.15, 0.2) is 53.6 Å². The Kier molecular flexibility index (Phi) is 13.8. The molecule has 4 heterocycles. The van der Waals surface area contributed by atoms with E-state index in [1.807, 2.05) is 55.1 Å². The summed E-state index contributed by atoms with van der Waals surface area (Å²) in [5, 5.41) is 0. The molecule has 2 amide bonds. The molecule has 0 aliphatic carbocycles. The third-order valence-corrected chi connectivity index (χ3v) is 11.2. The summed E-state index contributed by atoms with van der Waals surface area (Å²) in [5.74, 6) is 2.25. The van der Waals surface area contributed by atoms with Gasteiger partial charge in [-0.25, -0.2) is 0 Å². The van der Waals surface area contributed by atoms with E-state index in [0.717, 1.165) is 48.9 Å². The Balaban J connectivity index is 0.00000163. The maximum Gasteiger partial charge on any atom is 0.257 e. The predicted molar refractivity (Wildman–Crippen MR) is 223 cm³/mol. The largest absolute Gasteiger partial charge is 0.493 e. The van der Waals surface area contributed by atoms with Crippen LogP contribution in [0.1, 0.15) is 101 Å². The van der Waals surface area contributed by atoms with Crippen LogP contribution in [0.25, 0.3) is 0 Å². The number of hydrogen-bond acceptors (Lipinski definition) is 8. The van der Waals surface area contributed by atoms with Gasteiger partial charge in [0.15, 0.2) is 23.0 Å². The highest BCUT2D eigenvalue weighted by molar-refractivity contribution is 6.04. The van der Waals surface area contributed by atoms with E-state index in [4.69, 9.17) is 18.9 Å². The first-order valence-corrected chi connectivity index (χ1v) is 19.4. The molecule has 10 heteroatoms. The van der Waals surface area contributed by atoms with E-state index in [2.05, 4.69) is 70.5 Å². The molecule has 298 valence electrons. The number of rotatable bonds is 12. The van der Waals surface area contributed by atoms with Gasteiger partial charge in [0, 0.05) is 44.5 Å². The van der Waals surface area contributed by atoms with Gasteiger partial charge >= 0.3 is 0 Å². The Labute approximate surface area is 329 Å². The lowest BCUT2D eigenvalue weighted by molar-refractivity contribution is 0.0732. The molecule has 2 aromatic carbocycles. The number of ether oxygens (including phenoxy) is 4. The maximum absolute atomic E-state index is 13.6. The second-order valence-electron chi connectivity index (χ2n) is 16.3. The van der Waals surface area contributed by atoms with E-state index < -0.39 is 0 Å². The number of aliphatic imine (C=N–C) groups is 1. The van der Waals surface area contributed by atoms with Crippen molar-refractivity contribution in [1.82, 2.24) is 9.80 Å². The fourth-order valence-electron chi connectivity index (χ4n) is 7.59. The summed E-state index contributed by atoms with van der Waals surface area (Å²) in [6.07, 6.45) is 14.1. The molecule has 0 spiro atoms. The molecule has 0 aromatic heterocycles. The highest BCUT2D eigenvalue weighted by atomic mass is 16.5. The zero-order valence-corrected chi connectivity index (χ0v) is 34.8. The Bertz CT molecular complexity index is 1810. The summed E-state index contributed by atoms with van der Waals surface area (Å²) in [6, 6.07) is 7.53. The van der Waals surface area contributed by atoms with Gasteiger partial charge in [0.05, 0.1) is 62.0 Å². The molecule has 0 N–H and O–H groups in total. The fourth-order valence-corrected chi connectivity index (χ4v) is 7.59. The monoisotopic (exact) mass is 754 g/mol. The molecule has 2 fully saturated rings. The lowest BCUT2D eigenvalue weighted by atomic mass is 9.78. The zero-order chi connectivity index (χ0) is 40.8. The average Bonchev–Trinajstić information content (AvgIpc) is 3.72. The van der Waals surface area contributed by atoms with Crippen molar-refractivity contribution < 1.29 is 28.5 Å². The zero-order valence-electron chi connectivity index (χ0n) is 34.8. The standard InChI is InChI=1S/C41H54N4O6.C2H6.C2H2/c1-25-15-28-21-42-31-19-36(34(48-9)17-29(31)38(46)44(28)22-25)51-24-41(6,7)12-11-40(4,5)13-14-50-37-20-33-30(18-35(37)49-10)39(47)45-23-26(2)16-32(45)27(3)43(33)8;2*1-2/h17-21,27-28,32H,1-2,11-16,22-24H2,3-10H3;1-2H3;1-2H/t27?,28?,32-;;/m0../s1. The number of anilines is 1. The van der Waals surface area contributed by atoms with Gasteiger partial charge in [0.25, 0.3) is 11.8 Å². The highest BCUT2D eigenvalue weighted by Gasteiger charge is 2.41. The van der Waals surface area contributed by atoms with Crippen molar-refractivity contribution in [2.75, 3.05) is 52.5 Å². The fraction of sp³-hybridized carbons (Fsp3) is 0.533. The molecule has 4 aliphatic rings. The molecule has 4 aliphatic heterocycles. The Morgan fingerprint density at radius 2 is 1.35 bits per heavy atom. The minimum atomic E-state index is -0.132. The van der Waals surface area contributed by atoms with Gasteiger partial charge in [-0.05, 0) is 62.0 Å². The van der Waals surface area contributed by atoms with E-state index in [-0.39, 0.29) is 40.8 Å². The minimum absolute atomic E-state index is 0.000121. The van der Waals surface area contributed by atoms with Crippen molar-refractivity contribution in [3.05, 3.63) is 59.7 Å². The van der Waals surface area contributed by atoms with E-state index in [9.17, 15) is 9.59 Å². The first kappa shape index (κ1) is 42.8. The number of terminal acetylenes is 1. The summed E-state index contributed by atoms with van der Waals surface area (Å²) in [4.78, 5) is 37.6. The summed E-state index contributed by atoms with van der Waals surface area (Å²) < 4.78 is 24.2. The molecule has 3 atom stereocenters. The van der Waals surface area contributed by atoms with Crippen LogP contribution in [0.4, 0.5) is 11.4 Å². The van der Waals surface area contributed by atoms with Crippen molar-refractivity contribution in [2.45, 2.75) is 98.7 Å². The van der Waals surface area contributed by atoms with Crippen LogP contribution in [0.3, 0.4) is 0 Å². The molecule has 2 aromatic rings. The van der Waals surface area contributed by atoms with Crippen LogP contribution in [-0.4, -0.2) is 93.5 Å². The number of methoxy groups -OCH3 is 2. The Morgan fingerprint density at radius 1 is 0.782 bits per heavy atom. The number of benzene rings is 2. The SMILES string of the molecule is C#C.C=C1CC2C=Nc3cc(OCC(C)(C)CCC(C)(C)CCOc4cc5c(cc4OC)C(=O)N4CC(=C)C[C@H]4C(C)N5C)c(OC)cc3C(=O)N2C1.CC. The van der Waals surface area contributed by atoms with Crippen LogP contribution in [0.5, 0.6) is 23.0 Å². The molecule has 55 heavy (non-hydrogen) atoms. The van der Waals surface area contributed by atoms with Crippen molar-refractivity contribution in [3.8, 4) is 35.8 Å². The van der Waals surface area contributed by atoms with E-state index in [0.29, 0.717) is 66.1 Å². The lowest BCUT2D eigenvalue weighted by Crippen LogP contribution is -2.45. The number of hydrogen-bond donors (Lipinski definition) is 0. The van der Waals surface area contributed by atoms with Crippen LogP contribution in [0, 0.1) is 23.7 Å². The van der Waals surface area contributed by atoms with Crippen LogP contribution in [0.2, 0.25) is 0 Å². The molecule has 2 unspecified atom stereocenters. The van der Waals surface area contributed by atoms with Crippen molar-refractivity contribution in [2.24, 2.45) is 15.8 Å². The predicted octanol–water partition coefficient (Wildman–Crippen LogP) is 8.76. The van der Waals surface area contributed by atoms with Crippen molar-refractivity contribution in [1.29, 1.82) is 0 Å². The van der Waals surface area contributed by atoms with E-state index in [1.165, 1.54) is 0 Å². The third kappa shape index (κ3) is 9.32. The average molecular weight is 755 g/mol. The molecule has 10 nitrogen and oxygen atoms in total. The van der Waals surface area contributed by atoms with E-state index in [1.54, 1.807) is 20.3 Å². The molecule has 0 saturated carbocycles. The third-order valence-electron chi connectivity index (χ3n) is 11.2. The van der Waals surface area contributed by atoms with Crippen molar-refractivity contribution >= 4 is 29.4 Å². The quantitative estimate of drug-likeness (QED) is 0.158. The van der Waals surface area contributed by atoms with Crippen LogP contribution < -0.4 is 23.8 Å². The lowest BCUT2D eigenvalue weighted by Gasteiger charge is -2.32. The Morgan fingerprint density at radius 3 is 2.00 bits per heavy atom. The molecule has 6 rings (SSSR count). The summed E-state index contributed by atoms with van der Waals surface area (Å²) in [7, 11) is 5.25. The molecule has 0 bridgehead atoms. The highest BCUT2D eigenvalue weighted by Crippen LogP contribution is 2.43. The first-order valence-electron chi connectivity index (χ1n) is 19.4. The molecular weight excluding hydrogens is 693 g/mol. The number of carbonyl (C=O) groups is 2. The second-order valence-corrected chi connectivity index (χ2v) is 16.3.